The summed E-state index contributed by atoms with van der Waals surface area (Å²) in [5.74, 6) is -1.28. The van der Waals surface area contributed by atoms with E-state index >= 15 is 0 Å². The molecule has 0 fully saturated rings. The van der Waals surface area contributed by atoms with Gasteiger partial charge in [0.15, 0.2) is 5.75 Å². The van der Waals surface area contributed by atoms with Crippen molar-refractivity contribution in [1.82, 2.24) is 0 Å². The van der Waals surface area contributed by atoms with E-state index < -0.39 is 11.9 Å². The zero-order chi connectivity index (χ0) is 18.4. The van der Waals surface area contributed by atoms with Gasteiger partial charge in [-0.1, -0.05) is 60.3 Å². The maximum Gasteiger partial charge on any atom is 0.344 e. The second kappa shape index (κ2) is 9.09. The third-order valence-electron chi connectivity index (χ3n) is 3.28. The zero-order valence-corrected chi connectivity index (χ0v) is 15.6. The number of halogens is 3. The molecule has 0 heterocycles. The Hall–Kier alpha value is -1.75. The van der Waals surface area contributed by atoms with Crippen LogP contribution in [0.5, 0.6) is 5.75 Å². The standard InChI is InChI=1S/C18H15Cl3O4/c1-2-3-8-24-17(22)11-6-4-5-7-12(11)18(23)25-16-10-14(20)13(19)9-15(16)21/h4-7,9-10H,2-3,8H2,1H3. The number of carbonyl (C=O) groups excluding carboxylic acids is 2. The predicted octanol–water partition coefficient (Wildman–Crippen LogP) is 5.82. The normalized spacial score (nSPS) is 10.4. The fraction of sp³-hybridized carbons (Fsp3) is 0.222. The SMILES string of the molecule is CCCCOC(=O)c1ccccc1C(=O)Oc1cc(Cl)c(Cl)cc1Cl. The van der Waals surface area contributed by atoms with E-state index in [1.807, 2.05) is 6.92 Å². The number of hydrogen-bond acceptors (Lipinski definition) is 4. The van der Waals surface area contributed by atoms with Crippen LogP contribution in [0.25, 0.3) is 0 Å². The van der Waals surface area contributed by atoms with Crippen molar-refractivity contribution >= 4 is 46.7 Å². The molecule has 0 saturated carbocycles. The van der Waals surface area contributed by atoms with Gasteiger partial charge >= 0.3 is 11.9 Å². The van der Waals surface area contributed by atoms with Crippen LogP contribution < -0.4 is 4.74 Å². The quantitative estimate of drug-likeness (QED) is 0.265. The first-order chi connectivity index (χ1) is 11.9. The van der Waals surface area contributed by atoms with Gasteiger partial charge in [0.05, 0.1) is 32.8 Å². The summed E-state index contributed by atoms with van der Waals surface area (Å²) in [6, 6.07) is 8.95. The topological polar surface area (TPSA) is 52.6 Å². The lowest BCUT2D eigenvalue weighted by atomic mass is 10.1. The van der Waals surface area contributed by atoms with Crippen molar-refractivity contribution in [3.05, 3.63) is 62.6 Å². The van der Waals surface area contributed by atoms with E-state index in [9.17, 15) is 9.59 Å². The molecular weight excluding hydrogens is 387 g/mol. The van der Waals surface area contributed by atoms with Crippen LogP contribution in [0.2, 0.25) is 15.1 Å². The molecule has 2 aromatic carbocycles. The highest BCUT2D eigenvalue weighted by molar-refractivity contribution is 6.43. The van der Waals surface area contributed by atoms with Crippen LogP contribution in [-0.4, -0.2) is 18.5 Å². The summed E-state index contributed by atoms with van der Waals surface area (Å²) in [5.41, 5.74) is 0.200. The Morgan fingerprint density at radius 1 is 0.920 bits per heavy atom. The largest absolute Gasteiger partial charge is 0.462 e. The summed E-state index contributed by atoms with van der Waals surface area (Å²) in [5, 5.41) is 0.568. The Balaban J connectivity index is 2.23. The summed E-state index contributed by atoms with van der Waals surface area (Å²) in [7, 11) is 0. The van der Waals surface area contributed by atoms with Crippen LogP contribution in [-0.2, 0) is 4.74 Å². The molecule has 2 aromatic rings. The van der Waals surface area contributed by atoms with Crippen molar-refractivity contribution in [3.8, 4) is 5.75 Å². The monoisotopic (exact) mass is 400 g/mol. The fourth-order valence-corrected chi connectivity index (χ4v) is 2.54. The first kappa shape index (κ1) is 19.6. The van der Waals surface area contributed by atoms with E-state index in [0.717, 1.165) is 12.8 Å². The number of ether oxygens (including phenoxy) is 2. The second-order valence-electron chi connectivity index (χ2n) is 5.12. The van der Waals surface area contributed by atoms with Gasteiger partial charge in [-0.25, -0.2) is 9.59 Å². The Bertz CT molecular complexity index is 790. The first-order valence-corrected chi connectivity index (χ1v) is 8.70. The third kappa shape index (κ3) is 5.11. The Labute approximate surface area is 160 Å². The predicted molar refractivity (Wildman–Crippen MR) is 98.1 cm³/mol. The minimum Gasteiger partial charge on any atom is -0.462 e. The number of rotatable bonds is 6. The van der Waals surface area contributed by atoms with Crippen molar-refractivity contribution in [3.63, 3.8) is 0 Å². The number of benzene rings is 2. The molecule has 7 heteroatoms. The van der Waals surface area contributed by atoms with Gasteiger partial charge in [-0.05, 0) is 24.6 Å². The van der Waals surface area contributed by atoms with E-state index in [-0.39, 0.29) is 38.6 Å². The Morgan fingerprint density at radius 2 is 1.52 bits per heavy atom. The van der Waals surface area contributed by atoms with E-state index in [1.165, 1.54) is 24.3 Å². The smallest absolute Gasteiger partial charge is 0.344 e. The maximum absolute atomic E-state index is 12.5. The molecule has 0 radical (unpaired) electrons. The highest BCUT2D eigenvalue weighted by Crippen LogP contribution is 2.34. The van der Waals surface area contributed by atoms with Crippen LogP contribution in [0.3, 0.4) is 0 Å². The Kier molecular flexibility index (Phi) is 7.12. The van der Waals surface area contributed by atoms with E-state index in [0.29, 0.717) is 0 Å². The van der Waals surface area contributed by atoms with Crippen LogP contribution >= 0.6 is 34.8 Å². The fourth-order valence-electron chi connectivity index (χ4n) is 1.96. The molecule has 0 unspecified atom stereocenters. The van der Waals surface area contributed by atoms with Gasteiger partial charge in [0.1, 0.15) is 0 Å². The average molecular weight is 402 g/mol. The summed E-state index contributed by atoms with van der Waals surface area (Å²) < 4.78 is 10.4. The summed E-state index contributed by atoms with van der Waals surface area (Å²) in [6.45, 7) is 2.28. The minimum absolute atomic E-state index is 0.0511. The van der Waals surface area contributed by atoms with E-state index in [2.05, 4.69) is 0 Å². The second-order valence-corrected chi connectivity index (χ2v) is 6.34. The lowest BCUT2D eigenvalue weighted by molar-refractivity contribution is 0.0491. The Morgan fingerprint density at radius 3 is 2.16 bits per heavy atom. The minimum atomic E-state index is -0.747. The van der Waals surface area contributed by atoms with Crippen molar-refractivity contribution in [1.29, 1.82) is 0 Å². The summed E-state index contributed by atoms with van der Waals surface area (Å²) in [4.78, 5) is 24.6. The van der Waals surface area contributed by atoms with Gasteiger partial charge in [0.2, 0.25) is 0 Å². The molecule has 2 rings (SSSR count). The molecule has 0 atom stereocenters. The van der Waals surface area contributed by atoms with Crippen molar-refractivity contribution in [2.24, 2.45) is 0 Å². The van der Waals surface area contributed by atoms with Gasteiger partial charge < -0.3 is 9.47 Å². The molecule has 0 aliphatic carbocycles. The molecular formula is C18H15Cl3O4. The van der Waals surface area contributed by atoms with Gasteiger partial charge in [-0.2, -0.15) is 0 Å². The molecule has 0 spiro atoms. The lowest BCUT2D eigenvalue weighted by Crippen LogP contribution is -2.16. The molecule has 0 aliphatic rings. The number of hydrogen-bond donors (Lipinski definition) is 0. The van der Waals surface area contributed by atoms with E-state index in [4.69, 9.17) is 44.3 Å². The van der Waals surface area contributed by atoms with Gasteiger partial charge in [-0.3, -0.25) is 0 Å². The van der Waals surface area contributed by atoms with Crippen LogP contribution in [0.15, 0.2) is 36.4 Å². The lowest BCUT2D eigenvalue weighted by Gasteiger charge is -2.11. The molecule has 132 valence electrons. The molecule has 0 N–H and O–H groups in total. The van der Waals surface area contributed by atoms with Crippen LogP contribution in [0, 0.1) is 0 Å². The third-order valence-corrected chi connectivity index (χ3v) is 4.29. The number of unbranched alkanes of at least 4 members (excludes halogenated alkanes) is 1. The average Bonchev–Trinajstić information content (AvgIpc) is 2.59. The van der Waals surface area contributed by atoms with E-state index in [1.54, 1.807) is 12.1 Å². The molecule has 0 aromatic heterocycles. The maximum atomic E-state index is 12.5. The molecule has 0 aliphatic heterocycles. The summed E-state index contributed by atoms with van der Waals surface area (Å²) in [6.07, 6.45) is 1.64. The molecule has 0 amide bonds. The van der Waals surface area contributed by atoms with Crippen molar-refractivity contribution < 1.29 is 19.1 Å². The van der Waals surface area contributed by atoms with Gasteiger partial charge in [0, 0.05) is 6.07 Å². The highest BCUT2D eigenvalue weighted by atomic mass is 35.5. The molecule has 4 nitrogen and oxygen atoms in total. The summed E-state index contributed by atoms with van der Waals surface area (Å²) >= 11 is 17.8. The van der Waals surface area contributed by atoms with Crippen molar-refractivity contribution in [2.45, 2.75) is 19.8 Å². The van der Waals surface area contributed by atoms with Crippen molar-refractivity contribution in [2.75, 3.05) is 6.61 Å². The van der Waals surface area contributed by atoms with Crippen LogP contribution in [0.4, 0.5) is 0 Å². The molecule has 0 bridgehead atoms. The van der Waals surface area contributed by atoms with Gasteiger partial charge in [-0.15, -0.1) is 0 Å². The van der Waals surface area contributed by atoms with Gasteiger partial charge in [0.25, 0.3) is 0 Å². The highest BCUT2D eigenvalue weighted by Gasteiger charge is 2.20. The number of esters is 2. The first-order valence-electron chi connectivity index (χ1n) is 7.57. The number of carbonyl (C=O) groups is 2. The zero-order valence-electron chi connectivity index (χ0n) is 13.4. The molecule has 0 saturated heterocycles. The van der Waals surface area contributed by atoms with Crippen LogP contribution in [0.1, 0.15) is 40.5 Å². The molecule has 25 heavy (non-hydrogen) atoms.